The maximum Gasteiger partial charge on any atom is 0.122 e. The monoisotopic (exact) mass is 226 g/mol. The maximum absolute atomic E-state index is 6.14. The first-order valence-electron chi connectivity index (χ1n) is 4.50. The molecule has 0 aliphatic rings. The van der Waals surface area contributed by atoms with E-state index in [9.17, 15) is 0 Å². The lowest BCUT2D eigenvalue weighted by atomic mass is 10.1. The molecule has 3 heteroatoms. The molecule has 1 aromatic heterocycles. The molecule has 0 aliphatic heterocycles. The molecule has 2 aromatic rings. The predicted octanol–water partition coefficient (Wildman–Crippen LogP) is 4.13. The standard InChI is InChI=1S/C11H11ClOS/c1-3-7-9(13-2)4-5-10-11(7)8(12)6-14-10/h4-6H,3H2,1-2H3. The fraction of sp³-hybridized carbons (Fsp3) is 0.273. The summed E-state index contributed by atoms with van der Waals surface area (Å²) in [7, 11) is 1.70. The number of halogens is 1. The zero-order valence-electron chi connectivity index (χ0n) is 8.13. The smallest absolute Gasteiger partial charge is 0.122 e. The lowest BCUT2D eigenvalue weighted by Crippen LogP contribution is -1.90. The largest absolute Gasteiger partial charge is 0.496 e. The van der Waals surface area contributed by atoms with E-state index in [1.54, 1.807) is 18.4 Å². The van der Waals surface area contributed by atoms with Gasteiger partial charge >= 0.3 is 0 Å². The Kier molecular flexibility index (Phi) is 2.66. The summed E-state index contributed by atoms with van der Waals surface area (Å²) in [6.07, 6.45) is 0.941. The minimum absolute atomic E-state index is 0.834. The molecule has 0 spiro atoms. The molecule has 0 N–H and O–H groups in total. The highest BCUT2D eigenvalue weighted by Gasteiger charge is 2.10. The Labute approximate surface area is 92.3 Å². The average Bonchev–Trinajstić information content (AvgIpc) is 2.59. The number of ether oxygens (including phenoxy) is 1. The Morgan fingerprint density at radius 3 is 2.86 bits per heavy atom. The van der Waals surface area contributed by atoms with Gasteiger partial charge in [0, 0.05) is 21.0 Å². The number of methoxy groups -OCH3 is 1. The molecule has 1 heterocycles. The fourth-order valence-electron chi connectivity index (χ4n) is 1.68. The molecule has 14 heavy (non-hydrogen) atoms. The molecule has 0 saturated heterocycles. The normalized spacial score (nSPS) is 10.8. The molecular weight excluding hydrogens is 216 g/mol. The van der Waals surface area contributed by atoms with Crippen molar-refractivity contribution in [3.63, 3.8) is 0 Å². The van der Waals surface area contributed by atoms with E-state index in [0.717, 1.165) is 22.6 Å². The quantitative estimate of drug-likeness (QED) is 0.749. The van der Waals surface area contributed by atoms with Gasteiger partial charge in [-0.15, -0.1) is 11.3 Å². The molecule has 1 nitrogen and oxygen atoms in total. The molecule has 0 aliphatic carbocycles. The summed E-state index contributed by atoms with van der Waals surface area (Å²) >= 11 is 7.82. The summed E-state index contributed by atoms with van der Waals surface area (Å²) < 4.78 is 6.54. The SMILES string of the molecule is CCc1c(OC)ccc2scc(Cl)c12. The number of thiophene rings is 1. The number of fused-ring (bicyclic) bond motifs is 1. The van der Waals surface area contributed by atoms with Gasteiger partial charge in [0.25, 0.3) is 0 Å². The molecule has 0 amide bonds. The number of benzene rings is 1. The van der Waals surface area contributed by atoms with E-state index in [1.165, 1.54) is 10.3 Å². The van der Waals surface area contributed by atoms with Gasteiger partial charge in [-0.05, 0) is 18.6 Å². The molecule has 0 bridgehead atoms. The van der Waals surface area contributed by atoms with Crippen LogP contribution in [-0.2, 0) is 6.42 Å². The summed E-state index contributed by atoms with van der Waals surface area (Å²) in [5.41, 5.74) is 1.20. The van der Waals surface area contributed by atoms with Crippen LogP contribution in [0.5, 0.6) is 5.75 Å². The molecule has 74 valence electrons. The Hall–Kier alpha value is -0.730. The highest BCUT2D eigenvalue weighted by atomic mass is 35.5. The van der Waals surface area contributed by atoms with Crippen molar-refractivity contribution in [1.82, 2.24) is 0 Å². The van der Waals surface area contributed by atoms with Crippen LogP contribution in [0, 0.1) is 0 Å². The molecule has 0 unspecified atom stereocenters. The van der Waals surface area contributed by atoms with Crippen molar-refractivity contribution < 1.29 is 4.74 Å². The number of aryl methyl sites for hydroxylation is 1. The van der Waals surface area contributed by atoms with Gasteiger partial charge in [0.2, 0.25) is 0 Å². The lowest BCUT2D eigenvalue weighted by Gasteiger charge is -2.07. The van der Waals surface area contributed by atoms with Crippen molar-refractivity contribution >= 4 is 33.0 Å². The van der Waals surface area contributed by atoms with Crippen molar-refractivity contribution in [2.45, 2.75) is 13.3 Å². The molecule has 0 fully saturated rings. The summed E-state index contributed by atoms with van der Waals surface area (Å²) in [6.45, 7) is 2.12. The maximum atomic E-state index is 6.14. The van der Waals surface area contributed by atoms with Crippen molar-refractivity contribution in [3.8, 4) is 5.75 Å². The van der Waals surface area contributed by atoms with Crippen LogP contribution in [0.1, 0.15) is 12.5 Å². The van der Waals surface area contributed by atoms with E-state index < -0.39 is 0 Å². The Morgan fingerprint density at radius 1 is 1.43 bits per heavy atom. The van der Waals surface area contributed by atoms with Gasteiger partial charge in [-0.1, -0.05) is 18.5 Å². The lowest BCUT2D eigenvalue weighted by molar-refractivity contribution is 0.411. The average molecular weight is 227 g/mol. The van der Waals surface area contributed by atoms with Crippen LogP contribution >= 0.6 is 22.9 Å². The van der Waals surface area contributed by atoms with Gasteiger partial charge in [0.05, 0.1) is 12.1 Å². The molecule has 0 radical (unpaired) electrons. The second-order valence-corrected chi connectivity index (χ2v) is 4.38. The van der Waals surface area contributed by atoms with Crippen LogP contribution in [-0.4, -0.2) is 7.11 Å². The number of rotatable bonds is 2. The number of hydrogen-bond acceptors (Lipinski definition) is 2. The Bertz CT molecular complexity index is 462. The van der Waals surface area contributed by atoms with Crippen LogP contribution < -0.4 is 4.74 Å². The fourth-order valence-corrected chi connectivity index (χ4v) is 2.94. The zero-order chi connectivity index (χ0) is 10.1. The van der Waals surface area contributed by atoms with E-state index in [-0.39, 0.29) is 0 Å². The summed E-state index contributed by atoms with van der Waals surface area (Å²) in [5, 5.41) is 3.96. The topological polar surface area (TPSA) is 9.23 Å². The summed E-state index contributed by atoms with van der Waals surface area (Å²) in [4.78, 5) is 0. The van der Waals surface area contributed by atoms with E-state index in [0.29, 0.717) is 0 Å². The zero-order valence-corrected chi connectivity index (χ0v) is 9.71. The summed E-state index contributed by atoms with van der Waals surface area (Å²) in [6, 6.07) is 4.07. The third-order valence-electron chi connectivity index (χ3n) is 2.33. The highest BCUT2D eigenvalue weighted by molar-refractivity contribution is 7.17. The van der Waals surface area contributed by atoms with Crippen molar-refractivity contribution in [1.29, 1.82) is 0 Å². The van der Waals surface area contributed by atoms with E-state index in [4.69, 9.17) is 16.3 Å². The first-order valence-corrected chi connectivity index (χ1v) is 5.76. The first-order chi connectivity index (χ1) is 6.77. The van der Waals surface area contributed by atoms with Gasteiger partial charge in [0.15, 0.2) is 0 Å². The second-order valence-electron chi connectivity index (χ2n) is 3.06. The van der Waals surface area contributed by atoms with Gasteiger partial charge in [-0.25, -0.2) is 0 Å². The minimum Gasteiger partial charge on any atom is -0.496 e. The second kappa shape index (κ2) is 3.79. The molecule has 1 aromatic carbocycles. The Morgan fingerprint density at radius 2 is 2.21 bits per heavy atom. The van der Waals surface area contributed by atoms with E-state index >= 15 is 0 Å². The van der Waals surface area contributed by atoms with Crippen LogP contribution in [0.2, 0.25) is 5.02 Å². The van der Waals surface area contributed by atoms with Gasteiger partial charge < -0.3 is 4.74 Å². The predicted molar refractivity (Wildman–Crippen MR) is 62.8 cm³/mol. The molecule has 0 saturated carbocycles. The molecular formula is C11H11ClOS. The first kappa shape index (κ1) is 9.81. The van der Waals surface area contributed by atoms with Gasteiger partial charge in [-0.2, -0.15) is 0 Å². The number of hydrogen-bond donors (Lipinski definition) is 0. The van der Waals surface area contributed by atoms with E-state index in [1.807, 2.05) is 11.4 Å². The van der Waals surface area contributed by atoms with Crippen LogP contribution in [0.25, 0.3) is 10.1 Å². The van der Waals surface area contributed by atoms with E-state index in [2.05, 4.69) is 13.0 Å². The van der Waals surface area contributed by atoms with Crippen molar-refractivity contribution in [2.24, 2.45) is 0 Å². The van der Waals surface area contributed by atoms with Crippen LogP contribution in [0.15, 0.2) is 17.5 Å². The molecule has 2 rings (SSSR count). The molecule has 0 atom stereocenters. The van der Waals surface area contributed by atoms with Crippen molar-refractivity contribution in [3.05, 3.63) is 28.1 Å². The van der Waals surface area contributed by atoms with Gasteiger partial charge in [0.1, 0.15) is 5.75 Å². The third-order valence-corrected chi connectivity index (χ3v) is 3.71. The van der Waals surface area contributed by atoms with Gasteiger partial charge in [-0.3, -0.25) is 0 Å². The Balaban J connectivity index is 2.81. The minimum atomic E-state index is 0.834. The third kappa shape index (κ3) is 1.39. The summed E-state index contributed by atoms with van der Waals surface area (Å²) in [5.74, 6) is 0.931. The van der Waals surface area contributed by atoms with Crippen molar-refractivity contribution in [2.75, 3.05) is 7.11 Å². The highest BCUT2D eigenvalue weighted by Crippen LogP contribution is 2.37. The van der Waals surface area contributed by atoms with Crippen LogP contribution in [0.4, 0.5) is 0 Å². The van der Waals surface area contributed by atoms with Crippen LogP contribution in [0.3, 0.4) is 0 Å².